The quantitative estimate of drug-likeness (QED) is 0.764. The summed E-state index contributed by atoms with van der Waals surface area (Å²) in [4.78, 5) is 18.2. The molecule has 3 aromatic rings. The Morgan fingerprint density at radius 3 is 2.58 bits per heavy atom. The van der Waals surface area contributed by atoms with Crippen LogP contribution in [0, 0.1) is 0 Å². The number of aromatic amines is 1. The zero-order chi connectivity index (χ0) is 17.1. The van der Waals surface area contributed by atoms with Crippen molar-refractivity contribution in [2.24, 2.45) is 0 Å². The van der Waals surface area contributed by atoms with Gasteiger partial charge in [0.1, 0.15) is 5.75 Å². The first-order chi connectivity index (χ1) is 11.6. The second-order valence-corrected chi connectivity index (χ2v) is 6.13. The lowest BCUT2D eigenvalue weighted by molar-refractivity contribution is 0.0692. The van der Waals surface area contributed by atoms with E-state index >= 15 is 0 Å². The van der Waals surface area contributed by atoms with Crippen molar-refractivity contribution in [1.82, 2.24) is 9.88 Å². The van der Waals surface area contributed by atoms with Gasteiger partial charge in [-0.3, -0.25) is 4.79 Å². The molecule has 0 atom stereocenters. The summed E-state index contributed by atoms with van der Waals surface area (Å²) in [7, 11) is 1.63. The lowest BCUT2D eigenvalue weighted by Gasteiger charge is -2.27. The average molecular weight is 322 g/mol. The van der Waals surface area contributed by atoms with E-state index in [1.807, 2.05) is 67.3 Å². The van der Waals surface area contributed by atoms with Gasteiger partial charge in [-0.1, -0.05) is 30.3 Å². The van der Waals surface area contributed by atoms with Crippen molar-refractivity contribution in [2.45, 2.75) is 26.4 Å². The Kier molecular flexibility index (Phi) is 4.56. The van der Waals surface area contributed by atoms with E-state index in [4.69, 9.17) is 4.74 Å². The first-order valence-electron chi connectivity index (χ1n) is 8.10. The van der Waals surface area contributed by atoms with Crippen molar-refractivity contribution >= 4 is 16.8 Å². The Balaban J connectivity index is 1.95. The van der Waals surface area contributed by atoms with Gasteiger partial charge >= 0.3 is 0 Å². The minimum absolute atomic E-state index is 0.0216. The molecule has 4 nitrogen and oxygen atoms in total. The van der Waals surface area contributed by atoms with Crippen LogP contribution >= 0.6 is 0 Å². The first kappa shape index (κ1) is 16.1. The second kappa shape index (κ2) is 6.79. The maximum Gasteiger partial charge on any atom is 0.256 e. The van der Waals surface area contributed by atoms with Crippen molar-refractivity contribution in [1.29, 1.82) is 0 Å². The van der Waals surface area contributed by atoms with Crippen molar-refractivity contribution < 1.29 is 9.53 Å². The van der Waals surface area contributed by atoms with Crippen molar-refractivity contribution in [3.8, 4) is 5.75 Å². The summed E-state index contributed by atoms with van der Waals surface area (Å²) in [6.07, 6.45) is 1.78. The fourth-order valence-corrected chi connectivity index (χ4v) is 2.83. The zero-order valence-electron chi connectivity index (χ0n) is 14.2. The highest BCUT2D eigenvalue weighted by Crippen LogP contribution is 2.25. The SMILES string of the molecule is COc1ccc2[nH]cc(C(=O)N(Cc3ccccc3)C(C)C)c2c1. The van der Waals surface area contributed by atoms with Crippen LogP contribution in [0.3, 0.4) is 0 Å². The molecule has 3 rings (SSSR count). The number of nitrogens with one attached hydrogen (secondary N) is 1. The Hall–Kier alpha value is -2.75. The number of nitrogens with zero attached hydrogens (tertiary/aromatic N) is 1. The molecule has 0 saturated heterocycles. The predicted molar refractivity (Wildman–Crippen MR) is 96.3 cm³/mol. The van der Waals surface area contributed by atoms with Gasteiger partial charge in [0.2, 0.25) is 0 Å². The molecule has 1 amide bonds. The van der Waals surface area contributed by atoms with E-state index in [0.717, 1.165) is 22.2 Å². The van der Waals surface area contributed by atoms with Crippen molar-refractivity contribution in [3.05, 3.63) is 65.9 Å². The van der Waals surface area contributed by atoms with Crippen molar-refractivity contribution in [2.75, 3.05) is 7.11 Å². The molecule has 1 heterocycles. The van der Waals surface area contributed by atoms with Gasteiger partial charge in [0.25, 0.3) is 5.91 Å². The number of carbonyl (C=O) groups is 1. The molecule has 2 aromatic carbocycles. The topological polar surface area (TPSA) is 45.3 Å². The van der Waals surface area contributed by atoms with Crippen LogP contribution in [0.2, 0.25) is 0 Å². The number of benzene rings is 2. The van der Waals surface area contributed by atoms with E-state index in [9.17, 15) is 4.79 Å². The van der Waals surface area contributed by atoms with Crippen LogP contribution in [0.5, 0.6) is 5.75 Å². The van der Waals surface area contributed by atoms with Crippen LogP contribution < -0.4 is 4.74 Å². The third-order valence-corrected chi connectivity index (χ3v) is 4.20. The molecule has 0 unspecified atom stereocenters. The average Bonchev–Trinajstić information content (AvgIpc) is 3.02. The van der Waals surface area contributed by atoms with Crippen LogP contribution in [-0.4, -0.2) is 28.9 Å². The highest BCUT2D eigenvalue weighted by atomic mass is 16.5. The largest absolute Gasteiger partial charge is 0.497 e. The van der Waals surface area contributed by atoms with E-state index in [1.54, 1.807) is 13.3 Å². The molecule has 124 valence electrons. The third-order valence-electron chi connectivity index (χ3n) is 4.20. The molecule has 0 spiro atoms. The molecule has 1 aromatic heterocycles. The highest BCUT2D eigenvalue weighted by molar-refractivity contribution is 6.07. The van der Waals surface area contributed by atoms with Gasteiger partial charge in [0.05, 0.1) is 12.7 Å². The number of hydrogen-bond donors (Lipinski definition) is 1. The number of ether oxygens (including phenoxy) is 1. The van der Waals surface area contributed by atoms with Gasteiger partial charge in [0.15, 0.2) is 0 Å². The molecule has 0 radical (unpaired) electrons. The van der Waals surface area contributed by atoms with E-state index in [1.165, 1.54) is 0 Å². The Bertz CT molecular complexity index is 837. The maximum absolute atomic E-state index is 13.1. The second-order valence-electron chi connectivity index (χ2n) is 6.13. The van der Waals surface area contributed by atoms with Crippen molar-refractivity contribution in [3.63, 3.8) is 0 Å². The minimum Gasteiger partial charge on any atom is -0.497 e. The summed E-state index contributed by atoms with van der Waals surface area (Å²) in [5.74, 6) is 0.767. The van der Waals surface area contributed by atoms with Crippen LogP contribution in [0.4, 0.5) is 0 Å². The van der Waals surface area contributed by atoms with Crippen LogP contribution in [0.1, 0.15) is 29.8 Å². The Labute approximate surface area is 142 Å². The number of H-pyrrole nitrogens is 1. The summed E-state index contributed by atoms with van der Waals surface area (Å²) < 4.78 is 5.29. The number of fused-ring (bicyclic) bond motifs is 1. The molecule has 0 aliphatic carbocycles. The van der Waals surface area contributed by atoms with Gasteiger partial charge < -0.3 is 14.6 Å². The number of carbonyl (C=O) groups excluding carboxylic acids is 1. The molecular weight excluding hydrogens is 300 g/mol. The lowest BCUT2D eigenvalue weighted by Crippen LogP contribution is -2.36. The fraction of sp³-hybridized carbons (Fsp3) is 0.250. The molecular formula is C20H22N2O2. The van der Waals surface area contributed by atoms with E-state index < -0.39 is 0 Å². The maximum atomic E-state index is 13.1. The van der Waals surface area contributed by atoms with Crippen LogP contribution in [-0.2, 0) is 6.54 Å². The number of aromatic nitrogens is 1. The van der Waals surface area contributed by atoms with Crippen LogP contribution in [0.25, 0.3) is 10.9 Å². The molecule has 4 heteroatoms. The van der Waals surface area contributed by atoms with E-state index in [0.29, 0.717) is 12.1 Å². The first-order valence-corrected chi connectivity index (χ1v) is 8.10. The highest BCUT2D eigenvalue weighted by Gasteiger charge is 2.22. The summed E-state index contributed by atoms with van der Waals surface area (Å²) in [6.45, 7) is 4.67. The molecule has 0 aliphatic heterocycles. The Morgan fingerprint density at radius 1 is 1.17 bits per heavy atom. The third kappa shape index (κ3) is 3.13. The van der Waals surface area contributed by atoms with Gasteiger partial charge in [-0.25, -0.2) is 0 Å². The summed E-state index contributed by atoms with van der Waals surface area (Å²) in [5, 5.41) is 0.887. The Morgan fingerprint density at radius 2 is 1.92 bits per heavy atom. The number of methoxy groups -OCH3 is 1. The van der Waals surface area contributed by atoms with Crippen LogP contribution in [0.15, 0.2) is 54.7 Å². The monoisotopic (exact) mass is 322 g/mol. The summed E-state index contributed by atoms with van der Waals surface area (Å²) in [5.41, 5.74) is 2.73. The lowest BCUT2D eigenvalue weighted by atomic mass is 10.1. The van der Waals surface area contributed by atoms with Gasteiger partial charge in [-0.05, 0) is 37.6 Å². The van der Waals surface area contributed by atoms with E-state index in [2.05, 4.69) is 4.98 Å². The number of rotatable bonds is 5. The molecule has 0 aliphatic rings. The molecule has 0 saturated carbocycles. The molecule has 1 N–H and O–H groups in total. The van der Waals surface area contributed by atoms with Gasteiger partial charge in [0, 0.05) is 29.7 Å². The number of amides is 1. The predicted octanol–water partition coefficient (Wildman–Crippen LogP) is 4.23. The minimum atomic E-state index is 0.0216. The summed E-state index contributed by atoms with van der Waals surface area (Å²) >= 11 is 0. The smallest absolute Gasteiger partial charge is 0.256 e. The molecule has 24 heavy (non-hydrogen) atoms. The summed E-state index contributed by atoms with van der Waals surface area (Å²) in [6, 6.07) is 15.9. The molecule has 0 fully saturated rings. The zero-order valence-corrected chi connectivity index (χ0v) is 14.2. The van der Waals surface area contributed by atoms with E-state index in [-0.39, 0.29) is 11.9 Å². The fourth-order valence-electron chi connectivity index (χ4n) is 2.83. The molecule has 0 bridgehead atoms. The van der Waals surface area contributed by atoms with Gasteiger partial charge in [-0.15, -0.1) is 0 Å². The number of hydrogen-bond acceptors (Lipinski definition) is 2. The normalized spacial score (nSPS) is 11.0. The standard InChI is InChI=1S/C20H22N2O2/c1-14(2)22(13-15-7-5-4-6-8-15)20(23)18-12-21-19-10-9-16(24-3)11-17(18)19/h4-12,14,21H,13H2,1-3H3. The van der Waals surface area contributed by atoms with Gasteiger partial charge in [-0.2, -0.15) is 0 Å².